The molecule has 0 spiro atoms. The highest BCUT2D eigenvalue weighted by atomic mass is 19.1. The minimum atomic E-state index is -0.621. The van der Waals surface area contributed by atoms with E-state index in [0.29, 0.717) is 35.1 Å². The molecule has 11 nitrogen and oxygen atoms in total. The van der Waals surface area contributed by atoms with Crippen molar-refractivity contribution < 1.29 is 14.0 Å². The number of fused-ring (bicyclic) bond motifs is 4. The van der Waals surface area contributed by atoms with Crippen molar-refractivity contribution in [3.8, 4) is 22.5 Å². The van der Waals surface area contributed by atoms with Crippen molar-refractivity contribution in [2.24, 2.45) is 5.41 Å². The Morgan fingerprint density at radius 2 is 1.19 bits per heavy atom. The van der Waals surface area contributed by atoms with Gasteiger partial charge in [-0.2, -0.15) is 4.39 Å². The molecule has 4 N–H and O–H groups in total. The molecule has 2 aliphatic heterocycles. The van der Waals surface area contributed by atoms with Crippen LogP contribution in [0.15, 0.2) is 60.9 Å². The van der Waals surface area contributed by atoms with Crippen molar-refractivity contribution >= 4 is 39.7 Å². The van der Waals surface area contributed by atoms with Crippen molar-refractivity contribution in [1.82, 2.24) is 40.5 Å². The molecule has 0 radical (unpaired) electrons. The summed E-state index contributed by atoms with van der Waals surface area (Å²) in [7, 11) is 2.02. The Kier molecular flexibility index (Phi) is 10.3. The fourth-order valence-corrected chi connectivity index (χ4v) is 5.85. The molecule has 2 amide bonds. The average Bonchev–Trinajstić information content (AvgIpc) is 3.77. The van der Waals surface area contributed by atoms with Crippen LogP contribution in [0.25, 0.3) is 44.6 Å². The zero-order valence-corrected chi connectivity index (χ0v) is 31.7. The number of rotatable bonds is 3. The van der Waals surface area contributed by atoms with Crippen LogP contribution >= 0.6 is 0 Å². The van der Waals surface area contributed by atoms with E-state index in [0.717, 1.165) is 75.4 Å². The number of benzene rings is 2. The SMILES string of the molecule is CCC(C)(C)C.CN(c1cnc2cccc(-c3cc4c([nH]3)CCNC4=O)c2n1)C(C)(C)C.O=C1NCCc2[nH]c(-c3cccc4ncc(F)nc34)cc21. The third-order valence-electron chi connectivity index (χ3n) is 9.70. The van der Waals surface area contributed by atoms with Crippen LogP contribution in [-0.4, -0.2) is 67.4 Å². The minimum absolute atomic E-state index is 0.0202. The predicted octanol–water partition coefficient (Wildman–Crippen LogP) is 7.64. The number of aromatic amines is 2. The van der Waals surface area contributed by atoms with E-state index in [1.54, 1.807) is 12.1 Å². The number of carbonyl (C=O) groups excluding carboxylic acids is 2. The van der Waals surface area contributed by atoms with E-state index < -0.39 is 5.95 Å². The number of hydrogen-bond acceptors (Lipinski definition) is 7. The Morgan fingerprint density at radius 1 is 0.717 bits per heavy atom. The van der Waals surface area contributed by atoms with Crippen LogP contribution in [0.2, 0.25) is 0 Å². The number of anilines is 1. The van der Waals surface area contributed by atoms with Gasteiger partial charge in [0, 0.05) is 72.4 Å². The van der Waals surface area contributed by atoms with Crippen molar-refractivity contribution in [3.63, 3.8) is 0 Å². The summed E-state index contributed by atoms with van der Waals surface area (Å²) in [4.78, 5) is 50.1. The summed E-state index contributed by atoms with van der Waals surface area (Å²) in [6.45, 7) is 16.7. The van der Waals surface area contributed by atoms with E-state index >= 15 is 0 Å². The summed E-state index contributed by atoms with van der Waals surface area (Å²) in [5, 5.41) is 5.69. The van der Waals surface area contributed by atoms with Crippen molar-refractivity contribution in [2.75, 3.05) is 25.0 Å². The van der Waals surface area contributed by atoms with Gasteiger partial charge in [-0.3, -0.25) is 14.6 Å². The van der Waals surface area contributed by atoms with Crippen LogP contribution in [-0.2, 0) is 12.8 Å². The first kappa shape index (κ1) is 37.1. The molecular weight excluding hydrogens is 670 g/mol. The molecule has 0 atom stereocenters. The first-order valence-corrected chi connectivity index (χ1v) is 18.0. The average molecular weight is 718 g/mol. The maximum absolute atomic E-state index is 13.4. The molecule has 276 valence electrons. The zero-order chi connectivity index (χ0) is 38.1. The number of carbonyl (C=O) groups is 2. The summed E-state index contributed by atoms with van der Waals surface area (Å²) < 4.78 is 13.4. The third-order valence-corrected chi connectivity index (χ3v) is 9.70. The monoisotopic (exact) mass is 717 g/mol. The van der Waals surface area contributed by atoms with Gasteiger partial charge < -0.3 is 25.5 Å². The summed E-state index contributed by atoms with van der Waals surface area (Å²) >= 11 is 0. The third kappa shape index (κ3) is 8.21. The van der Waals surface area contributed by atoms with Crippen LogP contribution in [0.3, 0.4) is 0 Å². The Labute approximate surface area is 309 Å². The molecule has 0 aliphatic carbocycles. The van der Waals surface area contributed by atoms with Gasteiger partial charge in [0.1, 0.15) is 16.9 Å². The smallest absolute Gasteiger partial charge is 0.253 e. The number of nitrogens with zero attached hydrogens (tertiary/aromatic N) is 5. The van der Waals surface area contributed by atoms with E-state index in [4.69, 9.17) is 4.98 Å². The van der Waals surface area contributed by atoms with Crippen LogP contribution in [0.5, 0.6) is 0 Å². The molecule has 4 aromatic heterocycles. The van der Waals surface area contributed by atoms with E-state index in [1.165, 1.54) is 6.42 Å². The number of aromatic nitrogens is 6. The van der Waals surface area contributed by atoms with Gasteiger partial charge in [0.05, 0.1) is 34.6 Å². The lowest BCUT2D eigenvalue weighted by atomic mass is 9.94. The first-order valence-electron chi connectivity index (χ1n) is 18.0. The van der Waals surface area contributed by atoms with E-state index in [9.17, 15) is 14.0 Å². The summed E-state index contributed by atoms with van der Waals surface area (Å²) in [6.07, 6.45) is 5.75. The van der Waals surface area contributed by atoms with Gasteiger partial charge in [-0.05, 0) is 50.5 Å². The summed E-state index contributed by atoms with van der Waals surface area (Å²) in [6, 6.07) is 15.1. The minimum Gasteiger partial charge on any atom is -0.358 e. The molecule has 0 unspecified atom stereocenters. The van der Waals surface area contributed by atoms with Crippen molar-refractivity contribution in [2.45, 2.75) is 73.3 Å². The zero-order valence-electron chi connectivity index (χ0n) is 31.7. The van der Waals surface area contributed by atoms with Gasteiger partial charge in [-0.25, -0.2) is 15.0 Å². The second kappa shape index (κ2) is 14.8. The van der Waals surface area contributed by atoms with Crippen molar-refractivity contribution in [3.05, 3.63) is 89.4 Å². The maximum atomic E-state index is 13.4. The lowest BCUT2D eigenvalue weighted by molar-refractivity contribution is 0.0937. The molecule has 0 saturated carbocycles. The second-order valence-electron chi connectivity index (χ2n) is 15.6. The van der Waals surface area contributed by atoms with Crippen molar-refractivity contribution in [1.29, 1.82) is 0 Å². The number of amides is 2. The molecule has 0 fully saturated rings. The Bertz CT molecular complexity index is 2300. The number of halogens is 1. The lowest BCUT2D eigenvalue weighted by Crippen LogP contribution is -2.38. The molecule has 2 aromatic carbocycles. The van der Waals surface area contributed by atoms with Crippen LogP contribution in [0.4, 0.5) is 10.2 Å². The number of H-pyrrole nitrogens is 2. The van der Waals surface area contributed by atoms with Crippen LogP contribution in [0, 0.1) is 11.4 Å². The summed E-state index contributed by atoms with van der Waals surface area (Å²) in [5.41, 5.74) is 9.85. The van der Waals surface area contributed by atoms with E-state index in [1.807, 2.05) is 49.6 Å². The first-order chi connectivity index (χ1) is 25.1. The Balaban J connectivity index is 0.000000160. The normalized spacial score (nSPS) is 13.9. The maximum Gasteiger partial charge on any atom is 0.253 e. The molecule has 6 heterocycles. The Morgan fingerprint density at radius 3 is 1.64 bits per heavy atom. The fourth-order valence-electron chi connectivity index (χ4n) is 5.85. The highest BCUT2D eigenvalue weighted by molar-refractivity contribution is 6.00. The molecule has 12 heteroatoms. The van der Waals surface area contributed by atoms with E-state index in [-0.39, 0.29) is 17.4 Å². The Hall–Kier alpha value is -5.65. The van der Waals surface area contributed by atoms with Crippen LogP contribution in [0.1, 0.15) is 87.0 Å². The highest BCUT2D eigenvalue weighted by Crippen LogP contribution is 2.31. The summed E-state index contributed by atoms with van der Waals surface area (Å²) in [5.74, 6) is 0.0972. The van der Waals surface area contributed by atoms with Gasteiger partial charge in [0.25, 0.3) is 11.8 Å². The van der Waals surface area contributed by atoms with Gasteiger partial charge in [-0.1, -0.05) is 58.4 Å². The number of para-hydroxylation sites is 2. The van der Waals surface area contributed by atoms with Crippen LogP contribution < -0.4 is 15.5 Å². The van der Waals surface area contributed by atoms with Gasteiger partial charge >= 0.3 is 0 Å². The highest BCUT2D eigenvalue weighted by Gasteiger charge is 2.24. The molecule has 0 saturated heterocycles. The van der Waals surface area contributed by atoms with Gasteiger partial charge in [-0.15, -0.1) is 0 Å². The number of hydrogen-bond donors (Lipinski definition) is 4. The predicted molar refractivity (Wildman–Crippen MR) is 209 cm³/mol. The fraction of sp³-hybridized carbons (Fsp3) is 0.366. The molecular formula is C41H48FN9O2. The molecule has 8 rings (SSSR count). The standard InChI is InChI=1S/C20H23N5O.C15H11FN4O.C6H14/c1-20(2,3)25(4)17-11-22-15-7-5-6-12(18(15)24-17)16-10-13-14(23-16)8-9-21-19(13)26;16-13-7-18-11-3-1-2-8(14(11)20-13)12-6-9-10(19-12)4-5-17-15(9)21;1-5-6(2,3)4/h5-7,10-11,23H,8-9H2,1-4H3,(H,21,26);1-3,6-7,19H,4-5H2,(H,17,21);5H2,1-4H3. The molecule has 0 bridgehead atoms. The molecule has 2 aliphatic rings. The topological polar surface area (TPSA) is 145 Å². The molecule has 6 aromatic rings. The second-order valence-corrected chi connectivity index (χ2v) is 15.6. The van der Waals surface area contributed by atoms with E-state index in [2.05, 4.69) is 88.9 Å². The van der Waals surface area contributed by atoms with Gasteiger partial charge in [0.15, 0.2) is 0 Å². The largest absolute Gasteiger partial charge is 0.358 e. The van der Waals surface area contributed by atoms with Gasteiger partial charge in [0.2, 0.25) is 5.95 Å². The number of nitrogens with one attached hydrogen (secondary N) is 4. The quantitative estimate of drug-likeness (QED) is 0.147. The lowest BCUT2D eigenvalue weighted by Gasteiger charge is -2.32. The molecule has 53 heavy (non-hydrogen) atoms.